The molecule has 1 unspecified atom stereocenters. The zero-order valence-electron chi connectivity index (χ0n) is 9.48. The van der Waals surface area contributed by atoms with Crippen LogP contribution in [-0.2, 0) is 0 Å². The van der Waals surface area contributed by atoms with E-state index < -0.39 is 0 Å². The molecule has 1 aliphatic heterocycles. The van der Waals surface area contributed by atoms with Crippen molar-refractivity contribution in [3.8, 4) is 0 Å². The minimum absolute atomic E-state index is 0.135. The van der Waals surface area contributed by atoms with Crippen molar-refractivity contribution in [1.82, 2.24) is 4.98 Å². The van der Waals surface area contributed by atoms with E-state index >= 15 is 0 Å². The summed E-state index contributed by atoms with van der Waals surface area (Å²) < 4.78 is 0.135. The van der Waals surface area contributed by atoms with Gasteiger partial charge in [0, 0.05) is 10.3 Å². The molecular weight excluding hydrogens is 294 g/mol. The minimum atomic E-state index is 0.135. The number of aromatic nitrogens is 1. The number of allylic oxidation sites excluding steroid dienone is 1. The second-order valence-corrected chi connectivity index (χ2v) is 8.19. The van der Waals surface area contributed by atoms with E-state index in [2.05, 4.69) is 53.2 Å². The van der Waals surface area contributed by atoms with Crippen LogP contribution in [0.3, 0.4) is 0 Å². The monoisotopic (exact) mass is 305 g/mol. The number of benzene rings is 1. The lowest BCUT2D eigenvalue weighted by molar-refractivity contribution is 0.950. The summed E-state index contributed by atoms with van der Waals surface area (Å²) in [5, 5.41) is 1.20. The van der Waals surface area contributed by atoms with Gasteiger partial charge in [0.2, 0.25) is 0 Å². The minimum Gasteiger partial charge on any atom is -0.247 e. The fraction of sp³-hybridized carbons (Fsp3) is 0.214. The van der Waals surface area contributed by atoms with E-state index in [0.29, 0.717) is 0 Å². The highest BCUT2D eigenvalue weighted by atomic mass is 79.9. The van der Waals surface area contributed by atoms with Gasteiger partial charge in [-0.15, -0.1) is 11.8 Å². The number of thioether (sulfide) groups is 1. The van der Waals surface area contributed by atoms with Crippen molar-refractivity contribution in [2.75, 3.05) is 0 Å². The predicted molar refractivity (Wildman–Crippen MR) is 79.3 cm³/mol. The third kappa shape index (κ3) is 2.26. The normalized spacial score (nSPS) is 24.0. The molecule has 17 heavy (non-hydrogen) atoms. The van der Waals surface area contributed by atoms with Gasteiger partial charge in [-0.25, -0.2) is 4.98 Å². The van der Waals surface area contributed by atoms with E-state index in [-0.39, 0.29) is 3.66 Å². The van der Waals surface area contributed by atoms with E-state index in [1.807, 2.05) is 23.9 Å². The molecule has 0 N–H and O–H groups in total. The third-order valence-corrected chi connectivity index (χ3v) is 4.82. The summed E-state index contributed by atoms with van der Waals surface area (Å²) in [6.45, 7) is 2.20. The quantitative estimate of drug-likeness (QED) is 0.700. The summed E-state index contributed by atoms with van der Waals surface area (Å²) in [6.07, 6.45) is 3.30. The highest BCUT2D eigenvalue weighted by Crippen LogP contribution is 2.49. The summed E-state index contributed by atoms with van der Waals surface area (Å²) in [6, 6.07) is 12.5. The molecule has 0 spiro atoms. The van der Waals surface area contributed by atoms with Crippen LogP contribution in [-0.4, -0.2) is 8.64 Å². The Morgan fingerprint density at radius 3 is 2.82 bits per heavy atom. The van der Waals surface area contributed by atoms with Crippen molar-refractivity contribution in [1.29, 1.82) is 0 Å². The number of hydrogen-bond donors (Lipinski definition) is 0. The molecule has 2 aromatic rings. The number of halogens is 1. The summed E-state index contributed by atoms with van der Waals surface area (Å²) in [7, 11) is 0. The van der Waals surface area contributed by atoms with Gasteiger partial charge < -0.3 is 0 Å². The van der Waals surface area contributed by atoms with E-state index in [4.69, 9.17) is 4.98 Å². The van der Waals surface area contributed by atoms with Gasteiger partial charge in [0.15, 0.2) is 0 Å². The van der Waals surface area contributed by atoms with E-state index in [0.717, 1.165) is 17.6 Å². The van der Waals surface area contributed by atoms with Crippen molar-refractivity contribution in [2.45, 2.75) is 17.0 Å². The van der Waals surface area contributed by atoms with Crippen molar-refractivity contribution in [3.63, 3.8) is 0 Å². The Balaban J connectivity index is 2.02. The van der Waals surface area contributed by atoms with Crippen LogP contribution in [0.25, 0.3) is 15.8 Å². The van der Waals surface area contributed by atoms with Gasteiger partial charge in [-0.1, -0.05) is 46.3 Å². The fourth-order valence-corrected chi connectivity index (χ4v) is 3.64. The molecule has 0 bridgehead atoms. The second-order valence-electron chi connectivity index (χ2n) is 4.37. The van der Waals surface area contributed by atoms with Crippen molar-refractivity contribution in [3.05, 3.63) is 48.2 Å². The average Bonchev–Trinajstić information content (AvgIpc) is 2.69. The van der Waals surface area contributed by atoms with Crippen LogP contribution in [0.5, 0.6) is 0 Å². The molecule has 0 fully saturated rings. The first-order valence-electron chi connectivity index (χ1n) is 5.58. The Kier molecular flexibility index (Phi) is 2.75. The van der Waals surface area contributed by atoms with Crippen LogP contribution in [0.4, 0.5) is 0 Å². The lowest BCUT2D eigenvalue weighted by Gasteiger charge is -2.13. The summed E-state index contributed by atoms with van der Waals surface area (Å²) in [4.78, 5) is 5.99. The van der Waals surface area contributed by atoms with Crippen LogP contribution in [0.1, 0.15) is 19.0 Å². The zero-order valence-corrected chi connectivity index (χ0v) is 11.9. The molecule has 3 rings (SSSR count). The summed E-state index contributed by atoms with van der Waals surface area (Å²) >= 11 is 5.56. The zero-order chi connectivity index (χ0) is 11.9. The number of para-hydroxylation sites is 1. The Hall–Kier alpha value is -0.800. The smallest absolute Gasteiger partial charge is 0.0770 e. The maximum atomic E-state index is 4.71. The lowest BCUT2D eigenvalue weighted by Crippen LogP contribution is -2.02. The first kappa shape index (κ1) is 11.3. The maximum Gasteiger partial charge on any atom is 0.0770 e. The molecule has 1 atom stereocenters. The molecule has 3 heteroatoms. The second kappa shape index (κ2) is 4.14. The van der Waals surface area contributed by atoms with E-state index in [1.165, 1.54) is 10.3 Å². The Morgan fingerprint density at radius 2 is 2.06 bits per heavy atom. The molecule has 0 saturated carbocycles. The third-order valence-electron chi connectivity index (χ3n) is 2.83. The van der Waals surface area contributed by atoms with Crippen LogP contribution >= 0.6 is 27.7 Å². The largest absolute Gasteiger partial charge is 0.247 e. The maximum absolute atomic E-state index is 4.71. The molecule has 1 aromatic carbocycles. The first-order valence-corrected chi connectivity index (χ1v) is 7.19. The molecule has 1 nitrogen and oxygen atoms in total. The fourth-order valence-electron chi connectivity index (χ4n) is 1.95. The number of nitrogens with zero attached hydrogens (tertiary/aromatic N) is 1. The lowest BCUT2D eigenvalue weighted by atomic mass is 10.2. The number of fused-ring (bicyclic) bond motifs is 1. The number of rotatable bonds is 1. The molecule has 1 aromatic heterocycles. The van der Waals surface area contributed by atoms with Crippen molar-refractivity contribution < 1.29 is 0 Å². The Bertz CT molecular complexity index is 604. The summed E-state index contributed by atoms with van der Waals surface area (Å²) in [5.41, 5.74) is 2.14. The van der Waals surface area contributed by atoms with Crippen molar-refractivity contribution >= 4 is 43.5 Å². The molecule has 0 amide bonds. The van der Waals surface area contributed by atoms with Gasteiger partial charge >= 0.3 is 0 Å². The number of pyridine rings is 1. The van der Waals surface area contributed by atoms with Gasteiger partial charge in [-0.2, -0.15) is 0 Å². The molecule has 1 aliphatic rings. The first-order chi connectivity index (χ1) is 8.14. The molecule has 86 valence electrons. The van der Waals surface area contributed by atoms with Crippen LogP contribution in [0.2, 0.25) is 0 Å². The van der Waals surface area contributed by atoms with Crippen LogP contribution in [0.15, 0.2) is 42.5 Å². The van der Waals surface area contributed by atoms with Gasteiger partial charge in [-0.05, 0) is 25.5 Å². The number of hydrogen-bond acceptors (Lipinski definition) is 2. The SMILES string of the molecule is CC1(Br)CC=C(c2ccc3ccccc3n2)S1. The van der Waals surface area contributed by atoms with Crippen LogP contribution in [0, 0.1) is 0 Å². The number of alkyl halides is 1. The summed E-state index contributed by atoms with van der Waals surface area (Å²) in [5.74, 6) is 0. The van der Waals surface area contributed by atoms with Crippen molar-refractivity contribution in [2.24, 2.45) is 0 Å². The Labute approximate surface area is 113 Å². The van der Waals surface area contributed by atoms with Gasteiger partial charge in [-0.3, -0.25) is 0 Å². The van der Waals surface area contributed by atoms with Gasteiger partial charge in [0.05, 0.1) is 14.9 Å². The Morgan fingerprint density at radius 1 is 1.24 bits per heavy atom. The topological polar surface area (TPSA) is 12.9 Å². The molecular formula is C14H12BrNS. The van der Waals surface area contributed by atoms with E-state index in [1.54, 1.807) is 0 Å². The molecule has 0 radical (unpaired) electrons. The molecule has 2 heterocycles. The molecule has 0 aliphatic carbocycles. The highest BCUT2D eigenvalue weighted by Gasteiger charge is 2.28. The van der Waals surface area contributed by atoms with Crippen LogP contribution < -0.4 is 0 Å². The highest BCUT2D eigenvalue weighted by molar-refractivity contribution is 9.12. The molecule has 0 saturated heterocycles. The van der Waals surface area contributed by atoms with Gasteiger partial charge in [0.1, 0.15) is 0 Å². The van der Waals surface area contributed by atoms with E-state index in [9.17, 15) is 0 Å². The standard InChI is InChI=1S/C14H12BrNS/c1-14(15)9-8-13(17-14)12-7-6-10-4-2-3-5-11(10)16-12/h2-8H,9H2,1H3. The van der Waals surface area contributed by atoms with Gasteiger partial charge in [0.25, 0.3) is 0 Å². The average molecular weight is 306 g/mol. The predicted octanol–water partition coefficient (Wildman–Crippen LogP) is 4.82.